The molecule has 0 heterocycles. The summed E-state index contributed by atoms with van der Waals surface area (Å²) in [4.78, 5) is 0. The lowest BCUT2D eigenvalue weighted by molar-refractivity contribution is 0.0511. The molecule has 0 N–H and O–H groups in total. The van der Waals surface area contributed by atoms with Gasteiger partial charge in [0, 0.05) is 24.8 Å². The Hall–Kier alpha value is -1.15. The summed E-state index contributed by atoms with van der Waals surface area (Å²) >= 11 is 2.18. The number of ether oxygens (including phenoxy) is 2. The number of hydrogen-bond donors (Lipinski definition) is 0. The van der Waals surface area contributed by atoms with Crippen molar-refractivity contribution in [2.45, 2.75) is 39.8 Å². The van der Waals surface area contributed by atoms with Crippen LogP contribution in [0.5, 0.6) is 5.75 Å². The van der Waals surface area contributed by atoms with Gasteiger partial charge < -0.3 is 9.47 Å². The molecule has 0 spiro atoms. The second-order valence-electron chi connectivity index (χ2n) is 5.32. The molecule has 1 aromatic rings. The standard InChI is InChI=1S/C16H24IN3O2/c1-12(2)20(13(3)4)19-18-16-7-6-15(22-11-21-5)10-14(16)8-9-17/h6-10,12-13H,11H2,1-5H3/b9-8+,19-18?. The van der Waals surface area contributed by atoms with Gasteiger partial charge in [0.1, 0.15) is 5.75 Å². The first-order chi connectivity index (χ1) is 10.5. The molecular formula is C16H24IN3O2. The minimum Gasteiger partial charge on any atom is -0.468 e. The van der Waals surface area contributed by atoms with Crippen LogP contribution in [0.3, 0.4) is 0 Å². The normalized spacial score (nSPS) is 12.0. The van der Waals surface area contributed by atoms with Gasteiger partial charge in [0.05, 0.1) is 5.69 Å². The van der Waals surface area contributed by atoms with Gasteiger partial charge in [0.2, 0.25) is 0 Å². The third-order valence-electron chi connectivity index (χ3n) is 2.90. The van der Waals surface area contributed by atoms with E-state index in [1.807, 2.05) is 33.4 Å². The molecule has 0 unspecified atom stereocenters. The van der Waals surface area contributed by atoms with Crippen molar-refractivity contribution in [3.05, 3.63) is 27.8 Å². The SMILES string of the molecule is COCOc1ccc(N=NN(C(C)C)C(C)C)c(/C=C/I)c1. The summed E-state index contributed by atoms with van der Waals surface area (Å²) in [6, 6.07) is 6.30. The van der Waals surface area contributed by atoms with E-state index in [0.717, 1.165) is 17.0 Å². The lowest BCUT2D eigenvalue weighted by Crippen LogP contribution is -2.31. The van der Waals surface area contributed by atoms with Crippen molar-refractivity contribution in [1.29, 1.82) is 0 Å². The molecule has 0 aliphatic carbocycles. The Morgan fingerprint density at radius 1 is 1.23 bits per heavy atom. The van der Waals surface area contributed by atoms with Crippen LogP contribution in [0, 0.1) is 0 Å². The second-order valence-corrected chi connectivity index (χ2v) is 6.04. The average molecular weight is 417 g/mol. The topological polar surface area (TPSA) is 46.4 Å². The third-order valence-corrected chi connectivity index (χ3v) is 3.26. The van der Waals surface area contributed by atoms with Crippen molar-refractivity contribution in [1.82, 2.24) is 5.01 Å². The summed E-state index contributed by atoms with van der Waals surface area (Å²) in [6.07, 6.45) is 1.98. The highest BCUT2D eigenvalue weighted by Gasteiger charge is 2.11. The third kappa shape index (κ3) is 5.92. The number of hydrogen-bond acceptors (Lipinski definition) is 4. The molecule has 1 aromatic carbocycles. The lowest BCUT2D eigenvalue weighted by Gasteiger charge is -2.25. The fraction of sp³-hybridized carbons (Fsp3) is 0.500. The minimum atomic E-state index is 0.225. The number of benzene rings is 1. The molecule has 5 nitrogen and oxygen atoms in total. The van der Waals surface area contributed by atoms with Crippen molar-refractivity contribution < 1.29 is 9.47 Å². The highest BCUT2D eigenvalue weighted by atomic mass is 127. The molecule has 0 atom stereocenters. The largest absolute Gasteiger partial charge is 0.468 e. The first-order valence-electron chi connectivity index (χ1n) is 7.22. The summed E-state index contributed by atoms with van der Waals surface area (Å²) in [7, 11) is 1.60. The summed E-state index contributed by atoms with van der Waals surface area (Å²) < 4.78 is 12.3. The van der Waals surface area contributed by atoms with E-state index in [-0.39, 0.29) is 6.79 Å². The molecule has 122 valence electrons. The number of methoxy groups -OCH3 is 1. The Kier molecular flexibility index (Phi) is 8.40. The maximum atomic E-state index is 5.46. The van der Waals surface area contributed by atoms with Crippen LogP contribution in [0.25, 0.3) is 6.08 Å². The van der Waals surface area contributed by atoms with Crippen molar-refractivity contribution in [2.75, 3.05) is 13.9 Å². The maximum absolute atomic E-state index is 5.46. The predicted octanol–water partition coefficient (Wildman–Crippen LogP) is 5.19. The Balaban J connectivity index is 3.02. The second kappa shape index (κ2) is 9.78. The van der Waals surface area contributed by atoms with E-state index >= 15 is 0 Å². The zero-order chi connectivity index (χ0) is 16.5. The van der Waals surface area contributed by atoms with Gasteiger partial charge in [-0.15, -0.1) is 5.11 Å². The molecule has 0 saturated heterocycles. The van der Waals surface area contributed by atoms with E-state index in [4.69, 9.17) is 9.47 Å². The van der Waals surface area contributed by atoms with Crippen molar-refractivity contribution in [2.24, 2.45) is 10.3 Å². The Labute approximate surface area is 146 Å². The van der Waals surface area contributed by atoms with Crippen LogP contribution < -0.4 is 4.74 Å². The summed E-state index contributed by atoms with van der Waals surface area (Å²) in [6.45, 7) is 8.64. The fourth-order valence-electron chi connectivity index (χ4n) is 1.94. The molecule has 0 aliphatic rings. The van der Waals surface area contributed by atoms with E-state index in [2.05, 4.69) is 60.6 Å². The van der Waals surface area contributed by atoms with Gasteiger partial charge in [0.25, 0.3) is 0 Å². The summed E-state index contributed by atoms with van der Waals surface area (Å²) in [5.74, 6) is 0.745. The molecule has 0 aliphatic heterocycles. The van der Waals surface area contributed by atoms with Crippen LogP contribution in [0.1, 0.15) is 33.3 Å². The van der Waals surface area contributed by atoms with E-state index in [1.54, 1.807) is 7.11 Å². The Bertz CT molecular complexity index is 508. The lowest BCUT2D eigenvalue weighted by atomic mass is 10.2. The molecule has 0 bridgehead atoms. The minimum absolute atomic E-state index is 0.225. The van der Waals surface area contributed by atoms with Crippen LogP contribution in [-0.4, -0.2) is 31.0 Å². The van der Waals surface area contributed by atoms with Crippen molar-refractivity contribution in [3.8, 4) is 5.75 Å². The summed E-state index contributed by atoms with van der Waals surface area (Å²) in [5.41, 5.74) is 1.77. The van der Waals surface area contributed by atoms with Crippen LogP contribution in [-0.2, 0) is 4.74 Å². The van der Waals surface area contributed by atoms with E-state index in [9.17, 15) is 0 Å². The van der Waals surface area contributed by atoms with E-state index in [0.29, 0.717) is 12.1 Å². The zero-order valence-electron chi connectivity index (χ0n) is 13.8. The van der Waals surface area contributed by atoms with Crippen LogP contribution >= 0.6 is 22.6 Å². The molecule has 0 aromatic heterocycles. The number of halogens is 1. The van der Waals surface area contributed by atoms with Gasteiger partial charge in [-0.1, -0.05) is 27.8 Å². The fourth-order valence-corrected chi connectivity index (χ4v) is 2.33. The Morgan fingerprint density at radius 3 is 2.45 bits per heavy atom. The van der Waals surface area contributed by atoms with Crippen LogP contribution in [0.4, 0.5) is 5.69 Å². The van der Waals surface area contributed by atoms with Crippen molar-refractivity contribution >= 4 is 34.4 Å². The molecule has 0 amide bonds. The number of nitrogens with zero attached hydrogens (tertiary/aromatic N) is 3. The predicted molar refractivity (Wildman–Crippen MR) is 98.6 cm³/mol. The average Bonchev–Trinajstić information content (AvgIpc) is 2.46. The Morgan fingerprint density at radius 2 is 1.91 bits per heavy atom. The van der Waals surface area contributed by atoms with Gasteiger partial charge in [-0.05, 0) is 56.1 Å². The maximum Gasteiger partial charge on any atom is 0.188 e. The smallest absolute Gasteiger partial charge is 0.188 e. The van der Waals surface area contributed by atoms with Gasteiger partial charge in [-0.25, -0.2) is 0 Å². The van der Waals surface area contributed by atoms with Gasteiger partial charge in [-0.3, -0.25) is 5.01 Å². The molecule has 6 heteroatoms. The highest BCUT2D eigenvalue weighted by Crippen LogP contribution is 2.27. The van der Waals surface area contributed by atoms with Crippen LogP contribution in [0.15, 0.2) is 32.6 Å². The van der Waals surface area contributed by atoms with Crippen molar-refractivity contribution in [3.63, 3.8) is 0 Å². The molecule has 0 radical (unpaired) electrons. The molecule has 0 saturated carbocycles. The molecule has 22 heavy (non-hydrogen) atoms. The molecular weight excluding hydrogens is 393 g/mol. The number of rotatable bonds is 8. The first-order valence-corrected chi connectivity index (χ1v) is 8.46. The van der Waals surface area contributed by atoms with E-state index in [1.165, 1.54) is 0 Å². The molecule has 1 rings (SSSR count). The van der Waals surface area contributed by atoms with Gasteiger partial charge in [0.15, 0.2) is 6.79 Å². The quantitative estimate of drug-likeness (QED) is 0.253. The first kappa shape index (κ1) is 18.9. The zero-order valence-corrected chi connectivity index (χ0v) is 15.9. The van der Waals surface area contributed by atoms with Gasteiger partial charge >= 0.3 is 0 Å². The van der Waals surface area contributed by atoms with E-state index < -0.39 is 0 Å². The highest BCUT2D eigenvalue weighted by molar-refractivity contribution is 14.1. The summed E-state index contributed by atoms with van der Waals surface area (Å²) in [5, 5.41) is 10.8. The van der Waals surface area contributed by atoms with Crippen LogP contribution in [0.2, 0.25) is 0 Å². The monoisotopic (exact) mass is 417 g/mol. The van der Waals surface area contributed by atoms with Gasteiger partial charge in [-0.2, -0.15) is 0 Å². The molecule has 0 fully saturated rings.